The first-order valence-corrected chi connectivity index (χ1v) is 11.3. The van der Waals surface area contributed by atoms with Crippen LogP contribution in [0.1, 0.15) is 5.82 Å². The first-order chi connectivity index (χ1) is 15.1. The fraction of sp³-hybridized carbons (Fsp3) is 0.318. The number of hydrogen-bond acceptors (Lipinski definition) is 7. The molecule has 1 aliphatic heterocycles. The van der Waals surface area contributed by atoms with Crippen molar-refractivity contribution in [3.05, 3.63) is 53.3 Å². The monoisotopic (exact) mass is 458 g/mol. The summed E-state index contributed by atoms with van der Waals surface area (Å²) < 4.78 is 10.6. The summed E-state index contributed by atoms with van der Waals surface area (Å²) in [5, 5.41) is 5.06. The number of halogens is 1. The molecule has 0 radical (unpaired) electrons. The van der Waals surface area contributed by atoms with Crippen LogP contribution in [0.3, 0.4) is 0 Å². The van der Waals surface area contributed by atoms with Crippen LogP contribution < -0.4 is 10.1 Å². The molecule has 9 heteroatoms. The number of rotatable bonds is 7. The molecule has 0 atom stereocenters. The van der Waals surface area contributed by atoms with Gasteiger partial charge in [-0.15, -0.1) is 0 Å². The molecule has 7 nitrogen and oxygen atoms in total. The number of nitrogens with zero attached hydrogens (tertiary/aromatic N) is 3. The molecule has 0 bridgehead atoms. The van der Waals surface area contributed by atoms with E-state index in [-0.39, 0.29) is 11.7 Å². The van der Waals surface area contributed by atoms with Crippen molar-refractivity contribution in [2.75, 3.05) is 44.5 Å². The second kappa shape index (κ2) is 10.3. The van der Waals surface area contributed by atoms with Crippen LogP contribution in [-0.4, -0.2) is 59.9 Å². The van der Waals surface area contributed by atoms with E-state index in [0.29, 0.717) is 23.0 Å². The Bertz CT molecular complexity index is 1080. The van der Waals surface area contributed by atoms with Gasteiger partial charge in [0.1, 0.15) is 16.6 Å². The molecule has 2 heterocycles. The van der Waals surface area contributed by atoms with Gasteiger partial charge < -0.3 is 14.8 Å². The molecule has 1 N–H and O–H groups in total. The Kier molecular flexibility index (Phi) is 7.24. The van der Waals surface area contributed by atoms with Gasteiger partial charge in [-0.05, 0) is 24.3 Å². The van der Waals surface area contributed by atoms with Gasteiger partial charge in [-0.3, -0.25) is 9.69 Å². The molecule has 1 amide bonds. The zero-order chi connectivity index (χ0) is 21.6. The van der Waals surface area contributed by atoms with Crippen LogP contribution >= 0.6 is 23.4 Å². The minimum absolute atomic E-state index is 0.136. The molecule has 1 aliphatic rings. The number of benzene rings is 2. The number of hydrogen-bond donors (Lipinski definition) is 1. The summed E-state index contributed by atoms with van der Waals surface area (Å²) in [5.41, 5.74) is 1.50. The third kappa shape index (κ3) is 5.65. The molecule has 0 aliphatic carbocycles. The number of ether oxygens (including phenoxy) is 2. The largest absolute Gasteiger partial charge is 0.495 e. The molecule has 162 valence electrons. The minimum atomic E-state index is -0.136. The van der Waals surface area contributed by atoms with E-state index >= 15 is 0 Å². The molecule has 0 unspecified atom stereocenters. The average molecular weight is 459 g/mol. The topological polar surface area (TPSA) is 76.6 Å². The fourth-order valence-corrected chi connectivity index (χ4v) is 4.40. The minimum Gasteiger partial charge on any atom is -0.495 e. The number of carbonyl (C=O) groups excluding carboxylic acids is 1. The van der Waals surface area contributed by atoms with Gasteiger partial charge in [0.25, 0.3) is 0 Å². The molecule has 2 aromatic carbocycles. The van der Waals surface area contributed by atoms with Gasteiger partial charge in [0.2, 0.25) is 5.91 Å². The molecular formula is C22H23ClN4O3S. The van der Waals surface area contributed by atoms with Gasteiger partial charge in [0, 0.05) is 24.2 Å². The number of aromatic nitrogens is 2. The maximum Gasteiger partial charge on any atom is 0.234 e. The van der Waals surface area contributed by atoms with Gasteiger partial charge in [-0.25, -0.2) is 9.97 Å². The summed E-state index contributed by atoms with van der Waals surface area (Å²) in [7, 11) is 1.55. The van der Waals surface area contributed by atoms with E-state index < -0.39 is 0 Å². The third-order valence-corrected chi connectivity index (χ3v) is 6.15. The van der Waals surface area contributed by atoms with Gasteiger partial charge in [-0.2, -0.15) is 0 Å². The van der Waals surface area contributed by atoms with E-state index in [4.69, 9.17) is 31.0 Å². The average Bonchev–Trinajstić information content (AvgIpc) is 2.78. The maximum absolute atomic E-state index is 12.5. The molecular weight excluding hydrogens is 436 g/mol. The number of carbonyl (C=O) groups is 1. The predicted molar refractivity (Wildman–Crippen MR) is 123 cm³/mol. The van der Waals surface area contributed by atoms with E-state index in [9.17, 15) is 4.79 Å². The van der Waals surface area contributed by atoms with Crippen molar-refractivity contribution in [3.8, 4) is 5.75 Å². The van der Waals surface area contributed by atoms with Crippen LogP contribution in [0, 0.1) is 0 Å². The number of fused-ring (bicyclic) bond motifs is 1. The first kappa shape index (κ1) is 21.8. The Labute approximate surface area is 190 Å². The van der Waals surface area contributed by atoms with Crippen molar-refractivity contribution in [1.82, 2.24) is 14.9 Å². The number of amides is 1. The number of nitrogens with one attached hydrogen (secondary N) is 1. The Morgan fingerprint density at radius 2 is 2.03 bits per heavy atom. The molecule has 0 spiro atoms. The number of morpholine rings is 1. The second-order valence-corrected chi connectivity index (χ2v) is 8.41. The lowest BCUT2D eigenvalue weighted by Gasteiger charge is -2.25. The highest BCUT2D eigenvalue weighted by Crippen LogP contribution is 2.28. The lowest BCUT2D eigenvalue weighted by atomic mass is 10.2. The molecule has 0 saturated carbocycles. The van der Waals surface area contributed by atoms with Gasteiger partial charge in [0.05, 0.1) is 43.2 Å². The zero-order valence-electron chi connectivity index (χ0n) is 17.1. The summed E-state index contributed by atoms with van der Waals surface area (Å²) in [6.07, 6.45) is 0. The molecule has 1 fully saturated rings. The van der Waals surface area contributed by atoms with E-state index in [1.54, 1.807) is 25.3 Å². The summed E-state index contributed by atoms with van der Waals surface area (Å²) >= 11 is 7.54. The SMILES string of the molecule is COc1ccc(NC(=O)CSc2nc(CN3CCOCC3)nc3ccccc23)cc1Cl. The summed E-state index contributed by atoms with van der Waals surface area (Å²) in [6.45, 7) is 3.85. The predicted octanol–water partition coefficient (Wildman–Crippen LogP) is 3.85. The van der Waals surface area contributed by atoms with Crippen LogP contribution in [-0.2, 0) is 16.1 Å². The Morgan fingerprint density at radius 1 is 1.23 bits per heavy atom. The molecule has 3 aromatic rings. The number of thioether (sulfide) groups is 1. The van der Waals surface area contributed by atoms with E-state index in [0.717, 1.165) is 48.1 Å². The number of para-hydroxylation sites is 1. The van der Waals surface area contributed by atoms with Crippen molar-refractivity contribution < 1.29 is 14.3 Å². The van der Waals surface area contributed by atoms with Crippen LogP contribution in [0.4, 0.5) is 5.69 Å². The Balaban J connectivity index is 1.46. The number of anilines is 1. The highest BCUT2D eigenvalue weighted by Gasteiger charge is 2.15. The van der Waals surface area contributed by atoms with E-state index in [2.05, 4.69) is 10.2 Å². The van der Waals surface area contributed by atoms with Crippen molar-refractivity contribution in [2.24, 2.45) is 0 Å². The third-order valence-electron chi connectivity index (χ3n) is 4.86. The first-order valence-electron chi connectivity index (χ1n) is 9.94. The Morgan fingerprint density at radius 3 is 2.81 bits per heavy atom. The Hall–Kier alpha value is -2.39. The summed E-state index contributed by atoms with van der Waals surface area (Å²) in [6, 6.07) is 13.0. The lowest BCUT2D eigenvalue weighted by molar-refractivity contribution is -0.113. The summed E-state index contributed by atoms with van der Waals surface area (Å²) in [4.78, 5) is 24.3. The fourth-order valence-electron chi connectivity index (χ4n) is 3.31. The normalized spacial score (nSPS) is 14.5. The zero-order valence-corrected chi connectivity index (χ0v) is 18.7. The quantitative estimate of drug-likeness (QED) is 0.425. The van der Waals surface area contributed by atoms with Crippen LogP contribution in [0.15, 0.2) is 47.5 Å². The molecule has 1 aromatic heterocycles. The van der Waals surface area contributed by atoms with Crippen LogP contribution in [0.5, 0.6) is 5.75 Å². The van der Waals surface area contributed by atoms with Gasteiger partial charge in [0.15, 0.2) is 0 Å². The standard InChI is InChI=1S/C22H23ClN4O3S/c1-29-19-7-6-15(12-17(19)23)24-21(28)14-31-22-16-4-2-3-5-18(16)25-20(26-22)13-27-8-10-30-11-9-27/h2-7,12H,8-11,13-14H2,1H3,(H,24,28). The highest BCUT2D eigenvalue weighted by atomic mass is 35.5. The second-order valence-electron chi connectivity index (χ2n) is 7.04. The van der Waals surface area contributed by atoms with E-state index in [1.165, 1.54) is 11.8 Å². The van der Waals surface area contributed by atoms with Crippen molar-refractivity contribution >= 4 is 45.9 Å². The summed E-state index contributed by atoms with van der Waals surface area (Å²) in [5.74, 6) is 1.41. The smallest absolute Gasteiger partial charge is 0.234 e. The molecule has 31 heavy (non-hydrogen) atoms. The maximum atomic E-state index is 12.5. The van der Waals surface area contributed by atoms with Crippen LogP contribution in [0.2, 0.25) is 5.02 Å². The van der Waals surface area contributed by atoms with Gasteiger partial charge in [-0.1, -0.05) is 41.6 Å². The van der Waals surface area contributed by atoms with Crippen molar-refractivity contribution in [3.63, 3.8) is 0 Å². The number of methoxy groups -OCH3 is 1. The lowest BCUT2D eigenvalue weighted by Crippen LogP contribution is -2.36. The van der Waals surface area contributed by atoms with Crippen molar-refractivity contribution in [2.45, 2.75) is 11.6 Å². The van der Waals surface area contributed by atoms with Gasteiger partial charge >= 0.3 is 0 Å². The van der Waals surface area contributed by atoms with Crippen molar-refractivity contribution in [1.29, 1.82) is 0 Å². The highest BCUT2D eigenvalue weighted by molar-refractivity contribution is 8.00. The van der Waals surface area contributed by atoms with Crippen LogP contribution in [0.25, 0.3) is 10.9 Å². The molecule has 4 rings (SSSR count). The molecule has 1 saturated heterocycles. The van der Waals surface area contributed by atoms with E-state index in [1.807, 2.05) is 24.3 Å².